The van der Waals surface area contributed by atoms with Gasteiger partial charge in [-0.15, -0.1) is 0 Å². The van der Waals surface area contributed by atoms with Crippen molar-refractivity contribution in [2.75, 3.05) is 0 Å². The molecule has 0 heterocycles. The molecule has 0 aliphatic heterocycles. The Balaban J connectivity index is 2.11. The van der Waals surface area contributed by atoms with Gasteiger partial charge in [0.15, 0.2) is 0 Å². The van der Waals surface area contributed by atoms with Gasteiger partial charge in [0.1, 0.15) is 4.90 Å². The molecule has 104 valence electrons. The van der Waals surface area contributed by atoms with Crippen molar-refractivity contribution in [1.82, 2.24) is 0 Å². The molecular weight excluding hydrogens is 298 g/mol. The zero-order valence-electron chi connectivity index (χ0n) is 10.7. The number of hydrogen-bond donors (Lipinski definition) is 0. The van der Waals surface area contributed by atoms with Crippen LogP contribution in [0.2, 0.25) is 5.02 Å². The summed E-state index contributed by atoms with van der Waals surface area (Å²) >= 11 is 5.80. The van der Waals surface area contributed by atoms with Crippen LogP contribution in [-0.2, 0) is 14.4 Å². The van der Waals surface area contributed by atoms with Gasteiger partial charge in [0.25, 0.3) is 0 Å². The van der Waals surface area contributed by atoms with Crippen molar-refractivity contribution in [3.63, 3.8) is 0 Å². The SMILES string of the molecule is Cc1ccc(S(=O)(=O)O/N=C/c2cccc(Cl)c2)cc1. The first-order valence-corrected chi connectivity index (χ1v) is 7.55. The fraction of sp³-hybridized carbons (Fsp3) is 0.0714. The Morgan fingerprint density at radius 3 is 2.50 bits per heavy atom. The van der Waals surface area contributed by atoms with E-state index in [0.717, 1.165) is 5.56 Å². The second-order valence-corrected chi connectivity index (χ2v) is 6.10. The average molecular weight is 310 g/mol. The molecule has 20 heavy (non-hydrogen) atoms. The van der Waals surface area contributed by atoms with E-state index >= 15 is 0 Å². The largest absolute Gasteiger partial charge is 0.358 e. The van der Waals surface area contributed by atoms with Crippen LogP contribution in [0, 0.1) is 6.92 Å². The third kappa shape index (κ3) is 3.82. The molecule has 0 saturated heterocycles. The Kier molecular flexibility index (Phi) is 4.42. The highest BCUT2D eigenvalue weighted by Gasteiger charge is 2.14. The number of nitrogens with zero attached hydrogens (tertiary/aromatic N) is 1. The van der Waals surface area contributed by atoms with Crippen LogP contribution in [-0.4, -0.2) is 14.6 Å². The van der Waals surface area contributed by atoms with Crippen molar-refractivity contribution in [2.24, 2.45) is 5.16 Å². The smallest absolute Gasteiger partial charge is 0.265 e. The Bertz CT molecular complexity index is 724. The van der Waals surface area contributed by atoms with E-state index in [4.69, 9.17) is 11.6 Å². The van der Waals surface area contributed by atoms with E-state index in [1.807, 2.05) is 6.92 Å². The van der Waals surface area contributed by atoms with E-state index in [-0.39, 0.29) is 4.90 Å². The number of rotatable bonds is 4. The van der Waals surface area contributed by atoms with E-state index < -0.39 is 10.1 Å². The van der Waals surface area contributed by atoms with Gasteiger partial charge in [0.2, 0.25) is 0 Å². The molecule has 0 radical (unpaired) electrons. The molecule has 0 spiro atoms. The van der Waals surface area contributed by atoms with E-state index in [0.29, 0.717) is 10.6 Å². The minimum absolute atomic E-state index is 0.0614. The first-order chi connectivity index (χ1) is 9.47. The second-order valence-electron chi connectivity index (χ2n) is 4.13. The van der Waals surface area contributed by atoms with Crippen LogP contribution < -0.4 is 0 Å². The molecule has 0 saturated carbocycles. The van der Waals surface area contributed by atoms with Gasteiger partial charge in [-0.05, 0) is 36.8 Å². The zero-order valence-corrected chi connectivity index (χ0v) is 12.2. The van der Waals surface area contributed by atoms with Gasteiger partial charge in [-0.3, -0.25) is 4.28 Å². The Hall–Kier alpha value is -1.85. The third-order valence-electron chi connectivity index (χ3n) is 2.50. The lowest BCUT2D eigenvalue weighted by Crippen LogP contribution is -2.02. The van der Waals surface area contributed by atoms with Gasteiger partial charge in [0.05, 0.1) is 6.21 Å². The molecule has 0 aliphatic carbocycles. The molecule has 0 unspecified atom stereocenters. The summed E-state index contributed by atoms with van der Waals surface area (Å²) in [5.74, 6) is 0. The van der Waals surface area contributed by atoms with Gasteiger partial charge in [-0.25, -0.2) is 0 Å². The van der Waals surface area contributed by atoms with Crippen LogP contribution in [0.4, 0.5) is 0 Å². The van der Waals surface area contributed by atoms with Crippen LogP contribution in [0.15, 0.2) is 58.6 Å². The molecule has 0 amide bonds. The lowest BCUT2D eigenvalue weighted by atomic mass is 10.2. The number of oxime groups is 1. The van der Waals surface area contributed by atoms with Gasteiger partial charge in [-0.2, -0.15) is 8.42 Å². The summed E-state index contributed by atoms with van der Waals surface area (Å²) in [6.07, 6.45) is 1.29. The highest BCUT2D eigenvalue weighted by Crippen LogP contribution is 2.14. The quantitative estimate of drug-likeness (QED) is 0.642. The molecule has 0 bridgehead atoms. The second kappa shape index (κ2) is 6.07. The summed E-state index contributed by atoms with van der Waals surface area (Å²) in [6.45, 7) is 1.87. The number of aryl methyl sites for hydroxylation is 1. The lowest BCUT2D eigenvalue weighted by molar-refractivity contribution is 0.341. The molecule has 0 atom stereocenters. The summed E-state index contributed by atoms with van der Waals surface area (Å²) in [5.41, 5.74) is 1.61. The Morgan fingerprint density at radius 2 is 1.85 bits per heavy atom. The van der Waals surface area contributed by atoms with Crippen molar-refractivity contribution in [3.05, 3.63) is 64.7 Å². The van der Waals surface area contributed by atoms with Crippen LogP contribution in [0.3, 0.4) is 0 Å². The fourth-order valence-corrected chi connectivity index (χ4v) is 2.38. The molecule has 2 rings (SSSR count). The summed E-state index contributed by atoms with van der Waals surface area (Å²) in [4.78, 5) is 0.0614. The van der Waals surface area contributed by atoms with Crippen molar-refractivity contribution in [1.29, 1.82) is 0 Å². The standard InChI is InChI=1S/C14H12ClNO3S/c1-11-5-7-14(8-6-11)20(17,18)19-16-10-12-3-2-4-13(15)9-12/h2-10H,1H3/b16-10+. The molecular formula is C14H12ClNO3S. The Morgan fingerprint density at radius 1 is 1.15 bits per heavy atom. The monoisotopic (exact) mass is 309 g/mol. The van der Waals surface area contributed by atoms with Gasteiger partial charge < -0.3 is 0 Å². The van der Waals surface area contributed by atoms with Crippen LogP contribution in [0.1, 0.15) is 11.1 Å². The molecule has 0 N–H and O–H groups in total. The molecule has 2 aromatic carbocycles. The van der Waals surface area contributed by atoms with Crippen LogP contribution in [0.25, 0.3) is 0 Å². The molecule has 0 aliphatic rings. The summed E-state index contributed by atoms with van der Waals surface area (Å²) in [6, 6.07) is 13.2. The summed E-state index contributed by atoms with van der Waals surface area (Å²) < 4.78 is 28.3. The average Bonchev–Trinajstić information content (AvgIpc) is 2.39. The first kappa shape index (κ1) is 14.6. The summed E-state index contributed by atoms with van der Waals surface area (Å²) in [7, 11) is -3.89. The number of hydrogen-bond acceptors (Lipinski definition) is 4. The highest BCUT2D eigenvalue weighted by atomic mass is 35.5. The predicted octanol–water partition coefficient (Wildman–Crippen LogP) is 3.39. The van der Waals surface area contributed by atoms with Crippen molar-refractivity contribution >= 4 is 27.9 Å². The minimum atomic E-state index is -3.89. The van der Waals surface area contributed by atoms with Crippen LogP contribution in [0.5, 0.6) is 0 Å². The highest BCUT2D eigenvalue weighted by molar-refractivity contribution is 7.86. The third-order valence-corrected chi connectivity index (χ3v) is 3.87. The summed E-state index contributed by atoms with van der Waals surface area (Å²) in [5, 5.41) is 4.02. The van der Waals surface area contributed by atoms with Gasteiger partial charge in [-0.1, -0.05) is 46.6 Å². The maximum atomic E-state index is 11.8. The topological polar surface area (TPSA) is 55.7 Å². The fourth-order valence-electron chi connectivity index (χ4n) is 1.47. The lowest BCUT2D eigenvalue weighted by Gasteiger charge is -2.01. The molecule has 4 nitrogen and oxygen atoms in total. The first-order valence-electron chi connectivity index (χ1n) is 5.77. The van der Waals surface area contributed by atoms with Gasteiger partial charge in [0, 0.05) is 5.02 Å². The van der Waals surface area contributed by atoms with Crippen molar-refractivity contribution < 1.29 is 12.7 Å². The predicted molar refractivity (Wildman–Crippen MR) is 78.5 cm³/mol. The Labute approximate surface area is 122 Å². The molecule has 2 aromatic rings. The van der Waals surface area contributed by atoms with Crippen molar-refractivity contribution in [3.8, 4) is 0 Å². The molecule has 6 heteroatoms. The van der Waals surface area contributed by atoms with Gasteiger partial charge >= 0.3 is 10.1 Å². The normalized spacial score (nSPS) is 11.7. The number of benzene rings is 2. The van der Waals surface area contributed by atoms with Crippen LogP contribution >= 0.6 is 11.6 Å². The maximum absolute atomic E-state index is 11.8. The van der Waals surface area contributed by atoms with Crippen molar-refractivity contribution in [2.45, 2.75) is 11.8 Å². The maximum Gasteiger partial charge on any atom is 0.358 e. The van der Waals surface area contributed by atoms with E-state index in [9.17, 15) is 8.42 Å². The zero-order chi connectivity index (χ0) is 14.6. The molecule has 0 aromatic heterocycles. The van der Waals surface area contributed by atoms with E-state index in [2.05, 4.69) is 9.44 Å². The number of halogens is 1. The molecule has 0 fully saturated rings. The van der Waals surface area contributed by atoms with E-state index in [1.54, 1.807) is 36.4 Å². The minimum Gasteiger partial charge on any atom is -0.265 e. The van der Waals surface area contributed by atoms with E-state index in [1.165, 1.54) is 18.3 Å².